The standard InChI is InChI=1S/C31H31N5O3S/c1-18-28(33-14-13-32-18)23-12-9-20-15-21(10-11-22(20)34-23)29-27(19-7-5-4-6-8-19)30-24(16-25(40-30)31(38)39)36(29)17-26(37)35(2)3/h9-16,19H,4-8,17H2,1-3H3,(H,38,39). The molecule has 8 nitrogen and oxygen atoms in total. The molecule has 0 radical (unpaired) electrons. The molecule has 1 aliphatic carbocycles. The molecule has 4 aromatic heterocycles. The molecule has 9 heteroatoms. The maximum Gasteiger partial charge on any atom is 0.345 e. The predicted molar refractivity (Wildman–Crippen MR) is 158 cm³/mol. The number of amides is 1. The van der Waals surface area contributed by atoms with Crippen molar-refractivity contribution in [3.05, 3.63) is 64.9 Å². The first-order chi connectivity index (χ1) is 19.3. The van der Waals surface area contributed by atoms with Gasteiger partial charge in [-0.15, -0.1) is 11.3 Å². The number of carboxylic acids is 1. The average molecular weight is 554 g/mol. The van der Waals surface area contributed by atoms with Crippen molar-refractivity contribution >= 4 is 44.3 Å². The fourth-order valence-corrected chi connectivity index (χ4v) is 6.96. The highest BCUT2D eigenvalue weighted by molar-refractivity contribution is 7.21. The lowest BCUT2D eigenvalue weighted by atomic mass is 9.83. The summed E-state index contributed by atoms with van der Waals surface area (Å²) in [5, 5.41) is 10.8. The van der Waals surface area contributed by atoms with Crippen LogP contribution in [0, 0.1) is 6.92 Å². The van der Waals surface area contributed by atoms with Gasteiger partial charge in [-0.3, -0.25) is 14.8 Å². The third kappa shape index (κ3) is 4.64. The molecule has 1 fully saturated rings. The summed E-state index contributed by atoms with van der Waals surface area (Å²) in [6.07, 6.45) is 8.99. The molecule has 0 aliphatic heterocycles. The molecular weight excluding hydrogens is 522 g/mol. The number of benzene rings is 1. The molecule has 0 spiro atoms. The number of hydrogen-bond acceptors (Lipinski definition) is 6. The van der Waals surface area contributed by atoms with Crippen LogP contribution in [0.15, 0.2) is 48.8 Å². The molecule has 1 amide bonds. The van der Waals surface area contributed by atoms with E-state index in [-0.39, 0.29) is 12.5 Å². The van der Waals surface area contributed by atoms with Crippen molar-refractivity contribution in [1.82, 2.24) is 24.4 Å². The number of rotatable bonds is 6. The largest absolute Gasteiger partial charge is 0.477 e. The second-order valence-electron chi connectivity index (χ2n) is 10.7. The van der Waals surface area contributed by atoms with Gasteiger partial charge >= 0.3 is 5.97 Å². The number of aromatic carboxylic acids is 1. The van der Waals surface area contributed by atoms with Crippen LogP contribution in [-0.4, -0.2) is 55.5 Å². The average Bonchev–Trinajstić information content (AvgIpc) is 3.51. The van der Waals surface area contributed by atoms with E-state index in [1.54, 1.807) is 37.5 Å². The number of aryl methyl sites for hydroxylation is 1. The quantitative estimate of drug-likeness (QED) is 0.257. The van der Waals surface area contributed by atoms with Gasteiger partial charge in [0, 0.05) is 31.9 Å². The lowest BCUT2D eigenvalue weighted by Gasteiger charge is -2.24. The summed E-state index contributed by atoms with van der Waals surface area (Å²) in [5.74, 6) is -0.658. The first-order valence-corrected chi connectivity index (χ1v) is 14.4. The molecule has 40 heavy (non-hydrogen) atoms. The van der Waals surface area contributed by atoms with E-state index in [1.165, 1.54) is 23.3 Å². The minimum Gasteiger partial charge on any atom is -0.477 e. The summed E-state index contributed by atoms with van der Waals surface area (Å²) in [6, 6.07) is 12.0. The van der Waals surface area contributed by atoms with Gasteiger partial charge in [-0.25, -0.2) is 9.78 Å². The van der Waals surface area contributed by atoms with Gasteiger partial charge in [-0.2, -0.15) is 0 Å². The number of thiophene rings is 1. The Morgan fingerprint density at radius 1 is 1.05 bits per heavy atom. The topological polar surface area (TPSA) is 101 Å². The van der Waals surface area contributed by atoms with Crippen LogP contribution < -0.4 is 0 Å². The number of carbonyl (C=O) groups excluding carboxylic acids is 1. The summed E-state index contributed by atoms with van der Waals surface area (Å²) in [6.45, 7) is 2.07. The van der Waals surface area contributed by atoms with Crippen molar-refractivity contribution in [3.8, 4) is 22.6 Å². The minimum atomic E-state index is -0.936. The van der Waals surface area contributed by atoms with E-state index in [0.717, 1.165) is 75.1 Å². The SMILES string of the molecule is Cc1nccnc1-c1ccc2cc(-c3c(C4CCCCC4)c4sc(C(=O)O)cc4n3CC(=O)N(C)C)ccc2n1. The van der Waals surface area contributed by atoms with E-state index in [4.69, 9.17) is 4.98 Å². The molecule has 1 saturated carbocycles. The Morgan fingerprint density at radius 3 is 2.55 bits per heavy atom. The Hall–Kier alpha value is -4.11. The van der Waals surface area contributed by atoms with Crippen LogP contribution in [0.4, 0.5) is 0 Å². The first kappa shape index (κ1) is 26.1. The van der Waals surface area contributed by atoms with Crippen molar-refractivity contribution in [1.29, 1.82) is 0 Å². The number of fused-ring (bicyclic) bond motifs is 2. The number of pyridine rings is 1. The zero-order valence-electron chi connectivity index (χ0n) is 22.8. The van der Waals surface area contributed by atoms with Gasteiger partial charge in [0.1, 0.15) is 17.1 Å². The summed E-state index contributed by atoms with van der Waals surface area (Å²) in [5.41, 5.74) is 7.23. The van der Waals surface area contributed by atoms with Crippen LogP contribution in [0.2, 0.25) is 0 Å². The highest BCUT2D eigenvalue weighted by Crippen LogP contribution is 2.47. The first-order valence-electron chi connectivity index (χ1n) is 13.6. The van der Waals surface area contributed by atoms with Crippen LogP contribution in [0.5, 0.6) is 0 Å². The molecule has 1 aliphatic rings. The van der Waals surface area contributed by atoms with Gasteiger partial charge in [0.15, 0.2) is 0 Å². The number of carbonyl (C=O) groups is 2. The van der Waals surface area contributed by atoms with Crippen LogP contribution >= 0.6 is 11.3 Å². The fourth-order valence-electron chi connectivity index (χ4n) is 5.84. The normalized spacial score (nSPS) is 14.2. The molecule has 6 rings (SSSR count). The van der Waals surface area contributed by atoms with Crippen LogP contribution in [-0.2, 0) is 11.3 Å². The van der Waals surface area contributed by atoms with Crippen molar-refractivity contribution < 1.29 is 14.7 Å². The van der Waals surface area contributed by atoms with Crippen molar-refractivity contribution in [2.45, 2.75) is 51.5 Å². The van der Waals surface area contributed by atoms with Crippen molar-refractivity contribution in [2.75, 3.05) is 14.1 Å². The van der Waals surface area contributed by atoms with Gasteiger partial charge < -0.3 is 14.6 Å². The monoisotopic (exact) mass is 553 g/mol. The highest BCUT2D eigenvalue weighted by Gasteiger charge is 2.30. The van der Waals surface area contributed by atoms with Crippen molar-refractivity contribution in [2.24, 2.45) is 0 Å². The lowest BCUT2D eigenvalue weighted by Crippen LogP contribution is -2.26. The Kier molecular flexibility index (Phi) is 6.83. The maximum atomic E-state index is 13.0. The van der Waals surface area contributed by atoms with E-state index in [2.05, 4.69) is 28.2 Å². The van der Waals surface area contributed by atoms with Gasteiger partial charge in [-0.1, -0.05) is 31.4 Å². The minimum absolute atomic E-state index is 0.0390. The van der Waals surface area contributed by atoms with Gasteiger partial charge in [-0.05, 0) is 61.1 Å². The van der Waals surface area contributed by atoms with Crippen molar-refractivity contribution in [3.63, 3.8) is 0 Å². The van der Waals surface area contributed by atoms with Crippen LogP contribution in [0.3, 0.4) is 0 Å². The molecular formula is C31H31N5O3S. The van der Waals surface area contributed by atoms with Gasteiger partial charge in [0.25, 0.3) is 0 Å². The van der Waals surface area contributed by atoms with E-state index >= 15 is 0 Å². The molecule has 0 atom stereocenters. The Bertz CT molecular complexity index is 1760. The maximum absolute atomic E-state index is 13.0. The molecule has 1 N–H and O–H groups in total. The van der Waals surface area contributed by atoms with Crippen LogP contribution in [0.1, 0.15) is 59.0 Å². The number of hydrogen-bond donors (Lipinski definition) is 1. The number of aromatic nitrogens is 4. The molecule has 0 saturated heterocycles. The number of likely N-dealkylation sites (N-methyl/N-ethyl adjacent to an activating group) is 1. The summed E-state index contributed by atoms with van der Waals surface area (Å²) < 4.78 is 3.02. The highest BCUT2D eigenvalue weighted by atomic mass is 32.1. The zero-order valence-corrected chi connectivity index (χ0v) is 23.7. The fraction of sp³-hybridized carbons (Fsp3) is 0.323. The third-order valence-corrected chi connectivity index (χ3v) is 9.02. The second kappa shape index (κ2) is 10.5. The van der Waals surface area contributed by atoms with E-state index in [1.807, 2.05) is 23.6 Å². The molecule has 5 aromatic rings. The second-order valence-corrected chi connectivity index (χ2v) is 11.7. The molecule has 0 unspecified atom stereocenters. The summed E-state index contributed by atoms with van der Waals surface area (Å²) >= 11 is 1.32. The third-order valence-electron chi connectivity index (χ3n) is 7.88. The molecule has 1 aromatic carbocycles. The Morgan fingerprint density at radius 2 is 1.82 bits per heavy atom. The zero-order chi connectivity index (χ0) is 28.0. The summed E-state index contributed by atoms with van der Waals surface area (Å²) in [4.78, 5) is 40.6. The molecule has 4 heterocycles. The number of carboxylic acid groups (broad SMARTS) is 1. The predicted octanol–water partition coefficient (Wildman–Crippen LogP) is 6.52. The van der Waals surface area contributed by atoms with E-state index in [0.29, 0.717) is 10.8 Å². The molecule has 0 bridgehead atoms. The van der Waals surface area contributed by atoms with Crippen LogP contribution in [0.25, 0.3) is 43.8 Å². The molecule has 204 valence electrons. The van der Waals surface area contributed by atoms with Gasteiger partial charge in [0.2, 0.25) is 5.91 Å². The lowest BCUT2D eigenvalue weighted by molar-refractivity contribution is -0.129. The number of nitrogens with zero attached hydrogens (tertiary/aromatic N) is 5. The van der Waals surface area contributed by atoms with E-state index in [9.17, 15) is 14.7 Å². The Balaban J connectivity index is 1.55. The van der Waals surface area contributed by atoms with Gasteiger partial charge in [0.05, 0.1) is 32.8 Å². The Labute approximate surface area is 236 Å². The smallest absolute Gasteiger partial charge is 0.345 e. The summed E-state index contributed by atoms with van der Waals surface area (Å²) in [7, 11) is 3.50. The van der Waals surface area contributed by atoms with E-state index < -0.39 is 5.97 Å².